The summed E-state index contributed by atoms with van der Waals surface area (Å²) < 4.78 is 110. The van der Waals surface area contributed by atoms with Crippen molar-refractivity contribution in [2.45, 2.75) is 163 Å². The lowest BCUT2D eigenvalue weighted by Crippen LogP contribution is -2.66. The number of hydrogen-bond donors (Lipinski definition) is 2. The number of phenolic OH excluding ortho intramolecular Hbond substituents is 1. The smallest absolute Gasteiger partial charge is 0.281 e. The molecule has 6 atom stereocenters. The fourth-order valence-corrected chi connectivity index (χ4v) is 22.2. The second-order valence-electron chi connectivity index (χ2n) is 38.6. The van der Waals surface area contributed by atoms with Gasteiger partial charge in [-0.15, -0.1) is 0 Å². The summed E-state index contributed by atoms with van der Waals surface area (Å²) in [6.45, 7) is 35.2. The zero-order valence-corrected chi connectivity index (χ0v) is 83.7. The van der Waals surface area contributed by atoms with E-state index in [2.05, 4.69) is 49.9 Å². The summed E-state index contributed by atoms with van der Waals surface area (Å²) >= 11 is 13.6. The summed E-state index contributed by atoms with van der Waals surface area (Å²) in [5.74, 6) is -8.49. The third-order valence-corrected chi connectivity index (χ3v) is 29.3. The zero-order valence-electron chi connectivity index (χ0n) is 82.2. The standard InChI is InChI=1S/C39H39F2N7O3.C35H34ClF2N5O4.C33H31ClF2N6O4/c1-8-27(49)46-17-26-38(50)45(7)37-36(47(26)16-21(46)6)23-15-24(40)29(28-19(4)9-12-25-30(28)33(44-43-25)22-10-11-22)31(41)35(23)48(39(37)51)34-20(5)13-14-42-32(34)18(2)3;1-8-25(44)41-16-23-34(45)40(6)33-32(42(23)15-19(41)5)20-14-21(36)26(27-22(37)10-9-11-24(27)47-7)28(38)31(20)43(35(33)46)30-18(4)12-13-39-29(30)17(2)3;1-7-23(44)40-13-21-32(45)39(6)31-30(41(21)12-16(40)4)18-11-19(34)24(25-20(35)9-8-10-22(25)43)26(36)29(18)42(33(31)46)28-17(5)37-14-38-27(28)15(2)3/h8-9,12-15,18,21-22,26H,1,10-11,16-17H2,2-7H3,(H,43,44);8-14,17,19,23H,1,15-16H2,2-7H3;7-11,14-16,21,43H,1,12-13H2,2-6H3. The molecule has 13 aromatic rings. The Hall–Kier alpha value is -15.0. The molecule has 1 saturated carbocycles. The number of likely N-dealkylation sites (N-methyl/N-ethyl adjacent to an activating group) is 3. The molecular formula is C107H104Cl2F6N18O11. The van der Waals surface area contributed by atoms with Crippen LogP contribution in [0.25, 0.3) is 94.1 Å². The first-order chi connectivity index (χ1) is 68.5. The van der Waals surface area contributed by atoms with Gasteiger partial charge in [0.25, 0.3) is 34.4 Å². The quantitative estimate of drug-likeness (QED) is 0.0755. The van der Waals surface area contributed by atoms with Gasteiger partial charge in [0.15, 0.2) is 17.5 Å². The molecule has 2 N–H and O–H groups in total. The number of halogens is 8. The molecule has 6 unspecified atom stereocenters. The maximum Gasteiger partial charge on any atom is 0.281 e. The molecule has 6 aromatic carbocycles. The molecule has 37 heteroatoms. The van der Waals surface area contributed by atoms with Gasteiger partial charge < -0.3 is 53.9 Å². The fourth-order valence-electron chi connectivity index (χ4n) is 21.7. The number of phenols is 1. The number of aryl methyl sites for hydroxylation is 4. The number of anilines is 6. The number of methoxy groups -OCH3 is 1. The minimum atomic E-state index is -1.06. The lowest BCUT2D eigenvalue weighted by atomic mass is 9.91. The van der Waals surface area contributed by atoms with E-state index in [0.29, 0.717) is 73.0 Å². The van der Waals surface area contributed by atoms with Crippen LogP contribution in [0, 0.1) is 62.6 Å². The number of amides is 6. The van der Waals surface area contributed by atoms with Gasteiger partial charge in [-0.05, 0) is 175 Å². The predicted octanol–water partition coefficient (Wildman–Crippen LogP) is 17.5. The van der Waals surface area contributed by atoms with Gasteiger partial charge in [0.05, 0.1) is 132 Å². The van der Waals surface area contributed by atoms with Crippen LogP contribution in [-0.2, 0) is 28.8 Å². The van der Waals surface area contributed by atoms with Crippen LogP contribution in [0.3, 0.4) is 0 Å². The number of nitrogens with zero attached hydrogens (tertiary/aromatic N) is 17. The first kappa shape index (κ1) is 99.2. The summed E-state index contributed by atoms with van der Waals surface area (Å²) in [6.07, 6.45) is 10.1. The number of nitrogens with one attached hydrogen (secondary N) is 1. The molecule has 0 bridgehead atoms. The fraction of sp³-hybridized carbons (Fsp3) is 0.327. The zero-order chi connectivity index (χ0) is 104. The number of aromatic nitrogens is 9. The molecule has 7 aliphatic rings. The van der Waals surface area contributed by atoms with E-state index in [1.165, 1.54) is 130 Å². The molecule has 6 aliphatic heterocycles. The molecule has 3 saturated heterocycles. The molecule has 144 heavy (non-hydrogen) atoms. The van der Waals surface area contributed by atoms with Crippen molar-refractivity contribution in [3.63, 3.8) is 0 Å². The largest absolute Gasteiger partial charge is 0.507 e. The van der Waals surface area contributed by atoms with E-state index < -0.39 is 116 Å². The minimum Gasteiger partial charge on any atom is -0.507 e. The lowest BCUT2D eigenvalue weighted by molar-refractivity contribution is -0.132. The van der Waals surface area contributed by atoms with E-state index in [4.69, 9.17) is 27.9 Å². The molecule has 0 radical (unpaired) electrons. The number of hydrogen-bond acceptors (Lipinski definition) is 19. The van der Waals surface area contributed by atoms with Crippen LogP contribution >= 0.6 is 23.2 Å². The number of pyridine rings is 5. The summed E-state index contributed by atoms with van der Waals surface area (Å²) in [4.78, 5) is 156. The Balaban J connectivity index is 0.000000142. The number of fused-ring (bicyclic) bond motifs is 16. The highest BCUT2D eigenvalue weighted by molar-refractivity contribution is 6.36. The Bertz CT molecular complexity index is 7950. The van der Waals surface area contributed by atoms with E-state index in [9.17, 15) is 43.5 Å². The van der Waals surface area contributed by atoms with Gasteiger partial charge in [-0.25, -0.2) is 36.3 Å². The van der Waals surface area contributed by atoms with E-state index in [1.54, 1.807) is 75.9 Å². The van der Waals surface area contributed by atoms with Gasteiger partial charge in [-0.1, -0.05) is 103 Å². The molecule has 4 fully saturated rings. The minimum absolute atomic E-state index is 0.000259. The van der Waals surface area contributed by atoms with Gasteiger partial charge in [-0.3, -0.25) is 71.9 Å². The molecule has 1 aliphatic carbocycles. The molecule has 7 aromatic heterocycles. The highest BCUT2D eigenvalue weighted by Gasteiger charge is 2.52. The van der Waals surface area contributed by atoms with E-state index >= 15 is 31.1 Å². The van der Waals surface area contributed by atoms with Crippen molar-refractivity contribution < 1.29 is 65.0 Å². The van der Waals surface area contributed by atoms with Gasteiger partial charge in [0, 0.05) is 121 Å². The molecule has 13 heterocycles. The number of carbonyl (C=O) groups is 6. The third-order valence-electron chi connectivity index (χ3n) is 28.7. The Kier molecular flexibility index (Phi) is 25.7. The van der Waals surface area contributed by atoms with Gasteiger partial charge in [0.1, 0.15) is 70.5 Å². The summed E-state index contributed by atoms with van der Waals surface area (Å²) in [5.41, 5.74) is 3.25. The summed E-state index contributed by atoms with van der Waals surface area (Å²) in [7, 11) is 5.78. The van der Waals surface area contributed by atoms with E-state index in [1.807, 2.05) is 75.3 Å². The summed E-state index contributed by atoms with van der Waals surface area (Å²) in [5, 5.41) is 19.1. The molecule has 29 nitrogen and oxygen atoms in total. The predicted molar refractivity (Wildman–Crippen MR) is 545 cm³/mol. The van der Waals surface area contributed by atoms with Crippen molar-refractivity contribution in [2.75, 3.05) is 96.9 Å². The molecule has 20 rings (SSSR count). The number of piperazine rings is 3. The van der Waals surface area contributed by atoms with Gasteiger partial charge in [-0.2, -0.15) is 5.10 Å². The Labute approximate surface area is 833 Å². The van der Waals surface area contributed by atoms with Crippen LogP contribution in [0.5, 0.6) is 11.5 Å². The second kappa shape index (κ2) is 37.4. The number of ether oxygens (including phenoxy) is 1. The number of benzene rings is 6. The molecule has 0 spiro atoms. The Morgan fingerprint density at radius 1 is 0.458 bits per heavy atom. The molecule has 744 valence electrons. The Morgan fingerprint density at radius 2 is 0.847 bits per heavy atom. The molecule has 6 amide bonds. The van der Waals surface area contributed by atoms with Crippen molar-refractivity contribution >= 4 is 136 Å². The molecular weight excluding hydrogens is 1900 g/mol. The van der Waals surface area contributed by atoms with Crippen molar-refractivity contribution in [2.24, 2.45) is 0 Å². The topological polar surface area (TPSA) is 307 Å². The lowest BCUT2D eigenvalue weighted by Gasteiger charge is -2.50. The first-order valence-electron chi connectivity index (χ1n) is 47.2. The van der Waals surface area contributed by atoms with Gasteiger partial charge in [0.2, 0.25) is 17.7 Å². The average Bonchev–Trinajstić information content (AvgIpc) is 0.895. The van der Waals surface area contributed by atoms with Crippen molar-refractivity contribution in [1.82, 2.24) is 58.5 Å². The average molecular weight is 2000 g/mol. The van der Waals surface area contributed by atoms with Crippen LogP contribution in [0.2, 0.25) is 10.0 Å². The number of rotatable bonds is 14. The van der Waals surface area contributed by atoms with E-state index in [-0.39, 0.29) is 186 Å². The van der Waals surface area contributed by atoms with Crippen molar-refractivity contribution in [3.8, 4) is 61.9 Å². The maximum absolute atomic E-state index is 18.0. The van der Waals surface area contributed by atoms with Crippen LogP contribution in [0.1, 0.15) is 144 Å². The monoisotopic (exact) mass is 2000 g/mol. The van der Waals surface area contributed by atoms with Crippen LogP contribution < -0.4 is 50.8 Å². The van der Waals surface area contributed by atoms with Gasteiger partial charge >= 0.3 is 0 Å². The highest BCUT2D eigenvalue weighted by Crippen LogP contribution is 2.54. The first-order valence-corrected chi connectivity index (χ1v) is 48.0. The SMILES string of the molecule is C=CC(=O)N1CC2C(=O)N(C)c3c(c4cc(Cl)c(-c5c(F)cccc5OC)c(F)c4n(-c4c(C)ccnc4C(C)C)c3=O)N2CC1C.C=CC(=O)N1CC2C(=O)N(C)c3c(c4cc(Cl)c(-c5c(O)cccc5F)c(F)c4n(-c4c(C)ncnc4C(C)C)c3=O)N2CC1C.C=CC(=O)N1CC2C(=O)N(C)c3c(c4cc(F)c(-c5c(C)ccc6n[nH]c(C7CC7)c56)c(F)c4n(-c4c(C)ccnc4C(C)C)c3=O)N2CC1C. The van der Waals surface area contributed by atoms with Crippen LogP contribution in [-0.4, -0.2) is 203 Å². The van der Waals surface area contributed by atoms with Crippen molar-refractivity contribution in [1.29, 1.82) is 0 Å². The van der Waals surface area contributed by atoms with Crippen molar-refractivity contribution in [3.05, 3.63) is 257 Å². The number of H-pyrrole nitrogens is 1. The Morgan fingerprint density at radius 3 is 1.25 bits per heavy atom. The number of carbonyl (C=O) groups excluding carboxylic acids is 6. The normalized spacial score (nSPS) is 18.2. The highest BCUT2D eigenvalue weighted by atomic mass is 35.5. The third kappa shape index (κ3) is 15.6. The number of aromatic hydroxyl groups is 1. The maximum atomic E-state index is 18.0. The van der Waals surface area contributed by atoms with E-state index in [0.717, 1.165) is 29.2 Å². The van der Waals surface area contributed by atoms with Crippen LogP contribution in [0.15, 0.2) is 150 Å². The van der Waals surface area contributed by atoms with Crippen LogP contribution in [0.4, 0.5) is 60.5 Å². The summed E-state index contributed by atoms with van der Waals surface area (Å²) in [6, 6.07) is 15.2. The number of aromatic amines is 1. The second-order valence-corrected chi connectivity index (χ2v) is 39.4.